The minimum Gasteiger partial charge on any atom is -0.341 e. The van der Waals surface area contributed by atoms with Crippen molar-refractivity contribution in [3.8, 4) is 0 Å². The van der Waals surface area contributed by atoms with Gasteiger partial charge in [0.2, 0.25) is 5.91 Å². The Balaban J connectivity index is 2.41. The number of carbonyl (C=O) groups is 1. The summed E-state index contributed by atoms with van der Waals surface area (Å²) >= 11 is 0. The summed E-state index contributed by atoms with van der Waals surface area (Å²) in [6, 6.07) is 0.226. The highest BCUT2D eigenvalue weighted by molar-refractivity contribution is 5.76. The molecule has 0 bridgehead atoms. The van der Waals surface area contributed by atoms with Gasteiger partial charge in [0, 0.05) is 44.9 Å². The Morgan fingerprint density at radius 3 is 2.88 bits per heavy atom. The van der Waals surface area contributed by atoms with Gasteiger partial charge < -0.3 is 10.2 Å². The van der Waals surface area contributed by atoms with Gasteiger partial charge in [-0.2, -0.15) is 5.10 Å². The van der Waals surface area contributed by atoms with E-state index in [9.17, 15) is 4.79 Å². The fourth-order valence-corrected chi connectivity index (χ4v) is 1.75. The Labute approximate surface area is 103 Å². The molecule has 0 saturated carbocycles. The molecule has 17 heavy (non-hydrogen) atoms. The van der Waals surface area contributed by atoms with Crippen LogP contribution in [0.5, 0.6) is 0 Å². The van der Waals surface area contributed by atoms with Crippen LogP contribution in [0.1, 0.15) is 25.8 Å². The maximum Gasteiger partial charge on any atom is 0.224 e. The SMILES string of the molecule is CCNC(C)CC(=O)N(C)Cc1cnn(C)c1. The van der Waals surface area contributed by atoms with Crippen molar-refractivity contribution < 1.29 is 4.79 Å². The van der Waals surface area contributed by atoms with Crippen LogP contribution in [0.25, 0.3) is 0 Å². The molecule has 1 N–H and O–H groups in total. The first-order valence-electron chi connectivity index (χ1n) is 5.97. The fraction of sp³-hybridized carbons (Fsp3) is 0.667. The Morgan fingerprint density at radius 2 is 2.35 bits per heavy atom. The molecule has 0 aromatic carbocycles. The zero-order valence-corrected chi connectivity index (χ0v) is 11.1. The number of aromatic nitrogens is 2. The summed E-state index contributed by atoms with van der Waals surface area (Å²) in [5.41, 5.74) is 1.06. The predicted octanol–water partition coefficient (Wildman–Crippen LogP) is 0.767. The molecular weight excluding hydrogens is 216 g/mol. The van der Waals surface area contributed by atoms with Crippen molar-refractivity contribution in [3.05, 3.63) is 18.0 Å². The first kappa shape index (κ1) is 13.7. The van der Waals surface area contributed by atoms with Gasteiger partial charge in [-0.25, -0.2) is 0 Å². The van der Waals surface area contributed by atoms with Gasteiger partial charge in [-0.15, -0.1) is 0 Å². The van der Waals surface area contributed by atoms with Crippen LogP contribution in [-0.4, -0.2) is 40.2 Å². The monoisotopic (exact) mass is 238 g/mol. The summed E-state index contributed by atoms with van der Waals surface area (Å²) < 4.78 is 1.74. The van der Waals surface area contributed by atoms with E-state index in [-0.39, 0.29) is 11.9 Å². The average Bonchev–Trinajstić information content (AvgIpc) is 2.64. The van der Waals surface area contributed by atoms with Crippen molar-refractivity contribution in [2.24, 2.45) is 7.05 Å². The summed E-state index contributed by atoms with van der Waals surface area (Å²) in [5, 5.41) is 7.32. The van der Waals surface area contributed by atoms with Crippen LogP contribution in [0.15, 0.2) is 12.4 Å². The normalized spacial score (nSPS) is 12.5. The van der Waals surface area contributed by atoms with E-state index in [0.717, 1.165) is 12.1 Å². The van der Waals surface area contributed by atoms with E-state index in [2.05, 4.69) is 10.4 Å². The standard InChI is InChI=1S/C12H22N4O/c1-5-13-10(2)6-12(17)15(3)8-11-7-14-16(4)9-11/h7,9-10,13H,5-6,8H2,1-4H3. The first-order valence-corrected chi connectivity index (χ1v) is 5.97. The van der Waals surface area contributed by atoms with Crippen LogP contribution in [0.4, 0.5) is 0 Å². The Morgan fingerprint density at radius 1 is 1.65 bits per heavy atom. The molecule has 96 valence electrons. The molecule has 0 aliphatic rings. The van der Waals surface area contributed by atoms with Gasteiger partial charge >= 0.3 is 0 Å². The molecule has 0 aliphatic heterocycles. The lowest BCUT2D eigenvalue weighted by atomic mass is 10.2. The van der Waals surface area contributed by atoms with E-state index < -0.39 is 0 Å². The molecule has 1 aromatic heterocycles. The highest BCUT2D eigenvalue weighted by atomic mass is 16.2. The highest BCUT2D eigenvalue weighted by Gasteiger charge is 2.13. The maximum absolute atomic E-state index is 11.9. The summed E-state index contributed by atoms with van der Waals surface area (Å²) in [4.78, 5) is 13.6. The zero-order valence-electron chi connectivity index (χ0n) is 11.1. The minimum atomic E-state index is 0.155. The van der Waals surface area contributed by atoms with Crippen LogP contribution >= 0.6 is 0 Å². The lowest BCUT2D eigenvalue weighted by Gasteiger charge is -2.19. The number of aryl methyl sites for hydroxylation is 1. The Bertz CT molecular complexity index is 361. The third-order valence-corrected chi connectivity index (χ3v) is 2.64. The van der Waals surface area contributed by atoms with E-state index in [4.69, 9.17) is 0 Å². The van der Waals surface area contributed by atoms with Crippen LogP contribution in [-0.2, 0) is 18.4 Å². The molecule has 0 saturated heterocycles. The lowest BCUT2D eigenvalue weighted by Crippen LogP contribution is -2.34. The molecule has 5 nitrogen and oxygen atoms in total. The summed E-state index contributed by atoms with van der Waals surface area (Å²) in [5.74, 6) is 0.155. The molecule has 5 heteroatoms. The van der Waals surface area contributed by atoms with E-state index in [1.165, 1.54) is 0 Å². The molecule has 1 unspecified atom stereocenters. The second kappa shape index (κ2) is 6.39. The summed E-state index contributed by atoms with van der Waals surface area (Å²) in [6.07, 6.45) is 4.25. The number of nitrogens with one attached hydrogen (secondary N) is 1. The molecule has 0 radical (unpaired) electrons. The van der Waals surface area contributed by atoms with Gasteiger partial charge in [0.15, 0.2) is 0 Å². The van der Waals surface area contributed by atoms with E-state index in [0.29, 0.717) is 13.0 Å². The van der Waals surface area contributed by atoms with E-state index in [1.54, 1.807) is 15.8 Å². The molecule has 0 fully saturated rings. The molecule has 1 rings (SSSR count). The maximum atomic E-state index is 11.9. The number of rotatable bonds is 6. The van der Waals surface area contributed by atoms with E-state index in [1.807, 2.05) is 34.1 Å². The van der Waals surface area contributed by atoms with Crippen molar-refractivity contribution in [3.63, 3.8) is 0 Å². The molecule has 0 spiro atoms. The summed E-state index contributed by atoms with van der Waals surface area (Å²) in [7, 11) is 3.70. The zero-order chi connectivity index (χ0) is 12.8. The van der Waals surface area contributed by atoms with Crippen molar-refractivity contribution in [1.29, 1.82) is 0 Å². The largest absolute Gasteiger partial charge is 0.341 e. The number of amides is 1. The van der Waals surface area contributed by atoms with Gasteiger partial charge in [-0.05, 0) is 13.5 Å². The Hall–Kier alpha value is -1.36. The number of nitrogens with zero attached hydrogens (tertiary/aromatic N) is 3. The fourth-order valence-electron chi connectivity index (χ4n) is 1.75. The molecular formula is C12H22N4O. The average molecular weight is 238 g/mol. The van der Waals surface area contributed by atoms with E-state index >= 15 is 0 Å². The first-order chi connectivity index (χ1) is 8.02. The number of carbonyl (C=O) groups excluding carboxylic acids is 1. The van der Waals surface area contributed by atoms with Crippen molar-refractivity contribution in [2.45, 2.75) is 32.9 Å². The topological polar surface area (TPSA) is 50.2 Å². The molecule has 0 aliphatic carbocycles. The quantitative estimate of drug-likeness (QED) is 0.796. The van der Waals surface area contributed by atoms with Crippen LogP contribution in [0, 0.1) is 0 Å². The smallest absolute Gasteiger partial charge is 0.224 e. The van der Waals surface area contributed by atoms with Gasteiger partial charge in [-0.3, -0.25) is 9.48 Å². The Kier molecular flexibility index (Phi) is 5.15. The van der Waals surface area contributed by atoms with Crippen LogP contribution < -0.4 is 5.32 Å². The minimum absolute atomic E-state index is 0.155. The molecule has 1 aromatic rings. The van der Waals surface area contributed by atoms with Crippen molar-refractivity contribution >= 4 is 5.91 Å². The predicted molar refractivity (Wildman–Crippen MR) is 67.4 cm³/mol. The second-order valence-corrected chi connectivity index (χ2v) is 4.43. The molecule has 1 amide bonds. The summed E-state index contributed by atoms with van der Waals surface area (Å²) in [6.45, 7) is 5.58. The second-order valence-electron chi connectivity index (χ2n) is 4.43. The van der Waals surface area contributed by atoms with Crippen molar-refractivity contribution in [1.82, 2.24) is 20.0 Å². The third kappa shape index (κ3) is 4.56. The van der Waals surface area contributed by atoms with Crippen LogP contribution in [0.2, 0.25) is 0 Å². The van der Waals surface area contributed by atoms with Gasteiger partial charge in [0.25, 0.3) is 0 Å². The van der Waals surface area contributed by atoms with Gasteiger partial charge in [0.1, 0.15) is 0 Å². The van der Waals surface area contributed by atoms with Gasteiger partial charge in [0.05, 0.1) is 6.20 Å². The molecule has 1 atom stereocenters. The molecule has 1 heterocycles. The van der Waals surface area contributed by atoms with Crippen molar-refractivity contribution in [2.75, 3.05) is 13.6 Å². The number of hydrogen-bond donors (Lipinski definition) is 1. The van der Waals surface area contributed by atoms with Crippen LogP contribution in [0.3, 0.4) is 0 Å². The third-order valence-electron chi connectivity index (χ3n) is 2.64. The number of hydrogen-bond acceptors (Lipinski definition) is 3. The lowest BCUT2D eigenvalue weighted by molar-refractivity contribution is -0.130. The highest BCUT2D eigenvalue weighted by Crippen LogP contribution is 2.04. The van der Waals surface area contributed by atoms with Gasteiger partial charge in [-0.1, -0.05) is 6.92 Å².